The van der Waals surface area contributed by atoms with E-state index in [-0.39, 0.29) is 11.1 Å². The fraction of sp³-hybridized carbons (Fsp3) is 0.409. The van der Waals surface area contributed by atoms with E-state index in [4.69, 9.17) is 9.15 Å². The van der Waals surface area contributed by atoms with Gasteiger partial charge in [-0.15, -0.1) is 0 Å². The SMILES string of the molecule is CCOc1ccc(-c2c(CCC3CCC3)c3c(=O)[nH]c(=O)n(C)c3oc2=O)cc1. The van der Waals surface area contributed by atoms with Gasteiger partial charge in [-0.3, -0.25) is 14.3 Å². The number of fused-ring (bicyclic) bond motifs is 1. The van der Waals surface area contributed by atoms with Crippen LogP contribution >= 0.6 is 0 Å². The molecule has 0 radical (unpaired) electrons. The maximum atomic E-state index is 12.9. The predicted octanol–water partition coefficient (Wildman–Crippen LogP) is 2.98. The molecule has 4 rings (SSSR count). The van der Waals surface area contributed by atoms with Crippen LogP contribution in [0.1, 0.15) is 38.2 Å². The van der Waals surface area contributed by atoms with E-state index in [1.54, 1.807) is 24.3 Å². The van der Waals surface area contributed by atoms with Crippen molar-refractivity contribution in [3.63, 3.8) is 0 Å². The highest BCUT2D eigenvalue weighted by atomic mass is 16.5. The molecular formula is C22H24N2O5. The van der Waals surface area contributed by atoms with Crippen LogP contribution < -0.4 is 21.6 Å². The lowest BCUT2D eigenvalue weighted by Gasteiger charge is -2.25. The van der Waals surface area contributed by atoms with Gasteiger partial charge in [-0.05, 0) is 48.9 Å². The fourth-order valence-electron chi connectivity index (χ4n) is 3.93. The number of nitrogens with one attached hydrogen (secondary N) is 1. The first-order chi connectivity index (χ1) is 14.0. The van der Waals surface area contributed by atoms with Gasteiger partial charge in [0.1, 0.15) is 11.1 Å². The minimum atomic E-state index is -0.607. The normalized spacial score (nSPS) is 14.1. The van der Waals surface area contributed by atoms with Gasteiger partial charge in [-0.2, -0.15) is 0 Å². The molecular weight excluding hydrogens is 372 g/mol. The Kier molecular flexibility index (Phi) is 5.13. The van der Waals surface area contributed by atoms with Gasteiger partial charge in [0.25, 0.3) is 5.56 Å². The van der Waals surface area contributed by atoms with Gasteiger partial charge in [0.05, 0.1) is 12.2 Å². The lowest BCUT2D eigenvalue weighted by atomic mass is 9.80. The summed E-state index contributed by atoms with van der Waals surface area (Å²) in [6.45, 7) is 2.45. The highest BCUT2D eigenvalue weighted by Crippen LogP contribution is 2.33. The van der Waals surface area contributed by atoms with Crippen molar-refractivity contribution in [3.05, 3.63) is 61.1 Å². The van der Waals surface area contributed by atoms with E-state index in [0.29, 0.717) is 41.4 Å². The number of H-pyrrole nitrogens is 1. The number of aryl methyl sites for hydroxylation is 2. The van der Waals surface area contributed by atoms with Crippen molar-refractivity contribution in [2.24, 2.45) is 13.0 Å². The van der Waals surface area contributed by atoms with Gasteiger partial charge in [0.2, 0.25) is 5.71 Å². The molecule has 0 saturated heterocycles. The molecule has 0 amide bonds. The molecule has 3 aromatic rings. The molecule has 1 fully saturated rings. The number of ether oxygens (including phenoxy) is 1. The Morgan fingerprint density at radius 1 is 1.17 bits per heavy atom. The van der Waals surface area contributed by atoms with Crippen LogP contribution in [0.2, 0.25) is 0 Å². The minimum absolute atomic E-state index is 0.0158. The van der Waals surface area contributed by atoms with Crippen molar-refractivity contribution >= 4 is 11.1 Å². The highest BCUT2D eigenvalue weighted by molar-refractivity contribution is 5.84. The summed E-state index contributed by atoms with van der Waals surface area (Å²) in [7, 11) is 1.48. The van der Waals surface area contributed by atoms with Crippen LogP contribution in [0.15, 0.2) is 43.1 Å². The summed E-state index contributed by atoms with van der Waals surface area (Å²) in [5, 5.41) is 0.273. The van der Waals surface area contributed by atoms with Crippen LogP contribution in [0.3, 0.4) is 0 Å². The van der Waals surface area contributed by atoms with Crippen molar-refractivity contribution < 1.29 is 9.15 Å². The first kappa shape index (κ1) is 19.2. The van der Waals surface area contributed by atoms with Crippen molar-refractivity contribution in [1.29, 1.82) is 0 Å². The molecule has 7 nitrogen and oxygen atoms in total. The van der Waals surface area contributed by atoms with Crippen LogP contribution in [0.25, 0.3) is 22.2 Å². The van der Waals surface area contributed by atoms with Gasteiger partial charge in [-0.1, -0.05) is 31.4 Å². The summed E-state index contributed by atoms with van der Waals surface area (Å²) in [5.41, 5.74) is 0.0223. The topological polar surface area (TPSA) is 94.3 Å². The summed E-state index contributed by atoms with van der Waals surface area (Å²) >= 11 is 0. The van der Waals surface area contributed by atoms with E-state index in [1.807, 2.05) is 6.92 Å². The van der Waals surface area contributed by atoms with E-state index >= 15 is 0 Å². The Morgan fingerprint density at radius 2 is 1.90 bits per heavy atom. The average molecular weight is 396 g/mol. The Labute approximate surface area is 167 Å². The second-order valence-corrected chi connectivity index (χ2v) is 7.53. The Balaban J connectivity index is 1.94. The molecule has 2 heterocycles. The molecule has 2 aromatic heterocycles. The molecule has 1 saturated carbocycles. The zero-order valence-electron chi connectivity index (χ0n) is 16.6. The summed E-state index contributed by atoms with van der Waals surface area (Å²) in [6.07, 6.45) is 5.05. The van der Waals surface area contributed by atoms with E-state index in [1.165, 1.54) is 30.9 Å². The van der Waals surface area contributed by atoms with E-state index in [0.717, 1.165) is 6.42 Å². The second-order valence-electron chi connectivity index (χ2n) is 7.53. The van der Waals surface area contributed by atoms with Gasteiger partial charge in [0, 0.05) is 7.05 Å². The molecule has 0 atom stereocenters. The maximum Gasteiger partial charge on any atom is 0.345 e. The monoisotopic (exact) mass is 396 g/mol. The maximum absolute atomic E-state index is 12.9. The van der Waals surface area contributed by atoms with Crippen LogP contribution in [-0.2, 0) is 13.5 Å². The van der Waals surface area contributed by atoms with Gasteiger partial charge in [0.15, 0.2) is 0 Å². The van der Waals surface area contributed by atoms with Crippen LogP contribution in [-0.4, -0.2) is 16.2 Å². The van der Waals surface area contributed by atoms with Gasteiger partial charge >= 0.3 is 11.3 Å². The number of aromatic amines is 1. The smallest absolute Gasteiger partial charge is 0.345 e. The molecule has 0 bridgehead atoms. The minimum Gasteiger partial charge on any atom is -0.494 e. The number of benzene rings is 1. The predicted molar refractivity (Wildman–Crippen MR) is 111 cm³/mol. The third-order valence-electron chi connectivity index (χ3n) is 5.75. The highest BCUT2D eigenvalue weighted by Gasteiger charge is 2.23. The van der Waals surface area contributed by atoms with Crippen LogP contribution in [0.4, 0.5) is 0 Å². The zero-order chi connectivity index (χ0) is 20.5. The summed E-state index contributed by atoms with van der Waals surface area (Å²) < 4.78 is 12.1. The quantitative estimate of drug-likeness (QED) is 0.691. The summed E-state index contributed by atoms with van der Waals surface area (Å²) in [5.74, 6) is 1.31. The molecule has 0 spiro atoms. The third-order valence-corrected chi connectivity index (χ3v) is 5.75. The average Bonchev–Trinajstić information content (AvgIpc) is 2.65. The largest absolute Gasteiger partial charge is 0.494 e. The van der Waals surface area contributed by atoms with Crippen LogP contribution in [0, 0.1) is 5.92 Å². The Hall–Kier alpha value is -3.09. The zero-order valence-corrected chi connectivity index (χ0v) is 16.6. The molecule has 7 heteroatoms. The van der Waals surface area contributed by atoms with Crippen molar-refractivity contribution in [2.45, 2.75) is 39.0 Å². The number of aromatic nitrogens is 2. The Bertz CT molecular complexity index is 1210. The molecule has 1 aromatic carbocycles. The fourth-order valence-corrected chi connectivity index (χ4v) is 3.93. The molecule has 152 valence electrons. The molecule has 1 N–H and O–H groups in total. The van der Waals surface area contributed by atoms with E-state index in [2.05, 4.69) is 4.98 Å². The number of hydrogen-bond acceptors (Lipinski definition) is 5. The molecule has 29 heavy (non-hydrogen) atoms. The standard InChI is InChI=1S/C22H24N2O5/c1-3-28-15-10-8-14(9-11-15)17-16(12-7-13-5-4-6-13)18-19(25)23-22(27)24(2)20(18)29-21(17)26/h8-11,13H,3-7,12H2,1-2H3,(H,23,25,27). The molecule has 1 aliphatic rings. The molecule has 0 unspecified atom stereocenters. The van der Waals surface area contributed by atoms with Crippen LogP contribution in [0.5, 0.6) is 5.75 Å². The van der Waals surface area contributed by atoms with Crippen molar-refractivity contribution in [3.8, 4) is 16.9 Å². The number of rotatable bonds is 6. The molecule has 0 aliphatic heterocycles. The lowest BCUT2D eigenvalue weighted by molar-refractivity contribution is 0.296. The number of nitrogens with zero attached hydrogens (tertiary/aromatic N) is 1. The van der Waals surface area contributed by atoms with E-state index in [9.17, 15) is 14.4 Å². The van der Waals surface area contributed by atoms with E-state index < -0.39 is 16.9 Å². The Morgan fingerprint density at radius 3 is 2.52 bits per heavy atom. The van der Waals surface area contributed by atoms with Gasteiger partial charge < -0.3 is 9.15 Å². The lowest BCUT2D eigenvalue weighted by Crippen LogP contribution is -2.30. The first-order valence-electron chi connectivity index (χ1n) is 10.0. The summed E-state index contributed by atoms with van der Waals surface area (Å²) in [6, 6.07) is 7.18. The second kappa shape index (κ2) is 7.73. The third kappa shape index (κ3) is 3.52. The first-order valence-corrected chi connectivity index (χ1v) is 10.0. The van der Waals surface area contributed by atoms with Crippen molar-refractivity contribution in [1.82, 2.24) is 9.55 Å². The summed E-state index contributed by atoms with van der Waals surface area (Å²) in [4.78, 5) is 39.9. The number of hydrogen-bond donors (Lipinski definition) is 1. The molecule has 1 aliphatic carbocycles. The van der Waals surface area contributed by atoms with Gasteiger partial charge in [-0.25, -0.2) is 9.59 Å². The van der Waals surface area contributed by atoms with Crippen molar-refractivity contribution in [2.75, 3.05) is 6.61 Å².